The largest absolute Gasteiger partial charge is 0.497 e. The lowest BCUT2D eigenvalue weighted by Gasteiger charge is -2.45. The minimum Gasteiger partial charge on any atom is -0.497 e. The van der Waals surface area contributed by atoms with Crippen molar-refractivity contribution in [1.29, 1.82) is 0 Å². The average molecular weight is 432 g/mol. The molecule has 3 aromatic carbocycles. The second-order valence-electron chi connectivity index (χ2n) is 8.42. The first kappa shape index (κ1) is 21.9. The molecule has 168 valence electrons. The molecule has 1 saturated heterocycles. The molecule has 0 amide bonds. The Morgan fingerprint density at radius 2 is 1.06 bits per heavy atom. The Bertz CT molecular complexity index is 929. The zero-order valence-corrected chi connectivity index (χ0v) is 19.5. The van der Waals surface area contributed by atoms with E-state index in [1.807, 2.05) is 26.0 Å². The van der Waals surface area contributed by atoms with Crippen LogP contribution in [0.5, 0.6) is 11.5 Å². The van der Waals surface area contributed by atoms with Crippen LogP contribution in [0, 0.1) is 0 Å². The predicted molar refractivity (Wildman–Crippen MR) is 133 cm³/mol. The van der Waals surface area contributed by atoms with Gasteiger partial charge in [-0.1, -0.05) is 19.1 Å². The third-order valence-corrected chi connectivity index (χ3v) is 5.75. The van der Waals surface area contributed by atoms with E-state index in [0.717, 1.165) is 37.9 Å². The summed E-state index contributed by atoms with van der Waals surface area (Å²) in [6.45, 7) is 8.74. The lowest BCUT2D eigenvalue weighted by atomic mass is 10.1. The number of anilines is 3. The van der Waals surface area contributed by atoms with E-state index < -0.39 is 0 Å². The van der Waals surface area contributed by atoms with Crippen LogP contribution >= 0.6 is 0 Å². The molecule has 0 unspecified atom stereocenters. The van der Waals surface area contributed by atoms with Gasteiger partial charge in [0.15, 0.2) is 0 Å². The van der Waals surface area contributed by atoms with Crippen molar-refractivity contribution in [2.24, 2.45) is 0 Å². The van der Waals surface area contributed by atoms with Crippen LogP contribution in [0.4, 0.5) is 17.1 Å². The fourth-order valence-electron chi connectivity index (χ4n) is 3.99. The van der Waals surface area contributed by atoms with Gasteiger partial charge in [0.2, 0.25) is 0 Å². The van der Waals surface area contributed by atoms with Gasteiger partial charge >= 0.3 is 0 Å². The monoisotopic (exact) mass is 431 g/mol. The summed E-state index contributed by atoms with van der Waals surface area (Å²) in [6.07, 6.45) is 1.22. The molecule has 1 fully saturated rings. The zero-order valence-electron chi connectivity index (χ0n) is 19.5. The van der Waals surface area contributed by atoms with Gasteiger partial charge < -0.3 is 24.2 Å². The predicted octanol–water partition coefficient (Wildman–Crippen LogP) is 5.75. The molecule has 0 radical (unpaired) electrons. The van der Waals surface area contributed by atoms with Crippen LogP contribution < -0.4 is 24.2 Å². The summed E-state index contributed by atoms with van der Waals surface area (Å²) in [5, 5.41) is 0. The van der Waals surface area contributed by atoms with Gasteiger partial charge in [0.05, 0.1) is 33.2 Å². The Hall–Kier alpha value is -3.34. The Morgan fingerprint density at radius 1 is 0.656 bits per heavy atom. The summed E-state index contributed by atoms with van der Waals surface area (Å²) in [6, 6.07) is 25.6. The van der Waals surface area contributed by atoms with E-state index in [-0.39, 0.29) is 6.10 Å². The Kier molecular flexibility index (Phi) is 6.74. The van der Waals surface area contributed by atoms with Crippen LogP contribution in [0.2, 0.25) is 0 Å². The first-order chi connectivity index (χ1) is 15.6. The van der Waals surface area contributed by atoms with Crippen molar-refractivity contribution in [2.75, 3.05) is 41.8 Å². The molecule has 1 aliphatic rings. The molecular weight excluding hydrogens is 398 g/mol. The van der Waals surface area contributed by atoms with Crippen molar-refractivity contribution in [3.8, 4) is 11.5 Å². The molecule has 32 heavy (non-hydrogen) atoms. The maximum atomic E-state index is 5.83. The van der Waals surface area contributed by atoms with Crippen LogP contribution in [0.15, 0.2) is 72.8 Å². The topological polar surface area (TPSA) is 28.2 Å². The van der Waals surface area contributed by atoms with E-state index in [1.54, 1.807) is 7.11 Å². The summed E-state index contributed by atoms with van der Waals surface area (Å²) < 4.78 is 11.2. The van der Waals surface area contributed by atoms with Crippen LogP contribution in [-0.2, 0) is 6.42 Å². The first-order valence-electron chi connectivity index (χ1n) is 11.3. The molecule has 0 aliphatic carbocycles. The first-order valence-corrected chi connectivity index (χ1v) is 11.3. The van der Waals surface area contributed by atoms with Crippen molar-refractivity contribution < 1.29 is 9.47 Å². The third kappa shape index (κ3) is 5.10. The van der Waals surface area contributed by atoms with E-state index >= 15 is 0 Å². The third-order valence-electron chi connectivity index (χ3n) is 5.75. The van der Waals surface area contributed by atoms with E-state index in [0.29, 0.717) is 0 Å². The molecule has 0 bridgehead atoms. The fourth-order valence-corrected chi connectivity index (χ4v) is 3.99. The van der Waals surface area contributed by atoms with Crippen molar-refractivity contribution >= 4 is 17.1 Å². The van der Waals surface area contributed by atoms with E-state index in [9.17, 15) is 0 Å². The molecule has 0 atom stereocenters. The fraction of sp³-hybridized carbons (Fsp3) is 0.333. The highest BCUT2D eigenvalue weighted by Gasteiger charge is 2.24. The minimum absolute atomic E-state index is 0.169. The highest BCUT2D eigenvalue weighted by molar-refractivity contribution is 5.60. The number of nitrogens with zero attached hydrogens (tertiary/aromatic N) is 3. The second-order valence-corrected chi connectivity index (χ2v) is 8.42. The number of ether oxygens (including phenoxy) is 2. The van der Waals surface area contributed by atoms with E-state index in [1.165, 1.54) is 22.6 Å². The molecule has 0 N–H and O–H groups in total. The van der Waals surface area contributed by atoms with Crippen LogP contribution in [0.3, 0.4) is 0 Å². The molecule has 1 aliphatic heterocycles. The van der Waals surface area contributed by atoms with Crippen molar-refractivity contribution in [1.82, 2.24) is 0 Å². The lowest BCUT2D eigenvalue weighted by molar-refractivity contribution is 0.242. The second kappa shape index (κ2) is 9.86. The van der Waals surface area contributed by atoms with Crippen LogP contribution in [0.1, 0.15) is 26.3 Å². The summed E-state index contributed by atoms with van der Waals surface area (Å²) in [5.41, 5.74) is 4.93. The molecule has 1 heterocycles. The highest BCUT2D eigenvalue weighted by Crippen LogP contribution is 2.29. The van der Waals surface area contributed by atoms with Gasteiger partial charge in [0, 0.05) is 17.1 Å². The minimum atomic E-state index is 0.169. The molecule has 5 nitrogen and oxygen atoms in total. The average Bonchev–Trinajstić information content (AvgIpc) is 2.84. The summed E-state index contributed by atoms with van der Waals surface area (Å²) in [7, 11) is 1.70. The number of aryl methyl sites for hydroxylation is 1. The summed E-state index contributed by atoms with van der Waals surface area (Å²) >= 11 is 0. The van der Waals surface area contributed by atoms with Gasteiger partial charge in [-0.2, -0.15) is 0 Å². The molecule has 5 heteroatoms. The SMILES string of the molecule is CCc1ccc(N2CN(c3ccc(OC)cc3)CN(c3ccc(OC(C)C)cc3)C2)cc1. The Balaban J connectivity index is 1.60. The molecule has 0 aromatic heterocycles. The number of rotatable bonds is 7. The quantitative estimate of drug-likeness (QED) is 0.475. The van der Waals surface area contributed by atoms with Crippen molar-refractivity contribution in [3.05, 3.63) is 78.4 Å². The van der Waals surface area contributed by atoms with Gasteiger partial charge in [0.1, 0.15) is 11.5 Å². The molecule has 3 aromatic rings. The van der Waals surface area contributed by atoms with Gasteiger partial charge in [-0.15, -0.1) is 0 Å². The summed E-state index contributed by atoms with van der Waals surface area (Å²) in [4.78, 5) is 7.18. The Morgan fingerprint density at radius 3 is 1.44 bits per heavy atom. The van der Waals surface area contributed by atoms with Crippen molar-refractivity contribution in [3.63, 3.8) is 0 Å². The van der Waals surface area contributed by atoms with Crippen LogP contribution in [0.25, 0.3) is 0 Å². The maximum Gasteiger partial charge on any atom is 0.119 e. The maximum absolute atomic E-state index is 5.83. The number of hydrogen-bond acceptors (Lipinski definition) is 5. The molecule has 0 saturated carbocycles. The molecular formula is C27H33N3O2. The highest BCUT2D eigenvalue weighted by atomic mass is 16.5. The van der Waals surface area contributed by atoms with Crippen LogP contribution in [-0.4, -0.2) is 33.2 Å². The van der Waals surface area contributed by atoms with E-state index in [4.69, 9.17) is 9.47 Å². The standard InChI is InChI=1S/C27H33N3O2/c1-5-22-6-8-23(9-7-22)28-18-29(24-10-14-26(31-4)15-11-24)20-30(19-28)25-12-16-27(17-13-25)32-21(2)3/h6-17,21H,5,18-20H2,1-4H3. The van der Waals surface area contributed by atoms with E-state index in [2.05, 4.69) is 82.3 Å². The lowest BCUT2D eigenvalue weighted by Crippen LogP contribution is -2.55. The number of methoxy groups -OCH3 is 1. The number of benzene rings is 3. The van der Waals surface area contributed by atoms with Gasteiger partial charge in [-0.3, -0.25) is 0 Å². The Labute approximate surface area is 191 Å². The normalized spacial score (nSPS) is 14.1. The van der Waals surface area contributed by atoms with Gasteiger partial charge in [-0.25, -0.2) is 0 Å². The number of hydrogen-bond donors (Lipinski definition) is 0. The molecule has 4 rings (SSSR count). The van der Waals surface area contributed by atoms with Gasteiger partial charge in [0.25, 0.3) is 0 Å². The van der Waals surface area contributed by atoms with Crippen molar-refractivity contribution in [2.45, 2.75) is 33.3 Å². The zero-order chi connectivity index (χ0) is 22.5. The molecule has 0 spiro atoms. The smallest absolute Gasteiger partial charge is 0.119 e. The summed E-state index contributed by atoms with van der Waals surface area (Å²) in [5.74, 6) is 1.77. The van der Waals surface area contributed by atoms with Gasteiger partial charge in [-0.05, 0) is 86.5 Å².